The van der Waals surface area contributed by atoms with Crippen LogP contribution in [0.25, 0.3) is 0 Å². The molecular weight excluding hydrogens is 1770 g/mol. The molecule has 5 N–H and O–H groups in total. The molecule has 0 radical (unpaired) electrons. The number of methoxy groups -OCH3 is 1. The van der Waals surface area contributed by atoms with Crippen LogP contribution in [0.1, 0.15) is 407 Å². The number of esters is 1. The summed E-state index contributed by atoms with van der Waals surface area (Å²) in [4.78, 5) is 140. The van der Waals surface area contributed by atoms with Gasteiger partial charge in [0.25, 0.3) is 0 Å². The van der Waals surface area contributed by atoms with E-state index in [1.54, 1.807) is 6.92 Å². The zero-order chi connectivity index (χ0) is 98.5. The third kappa shape index (κ3) is 28.0. The van der Waals surface area contributed by atoms with E-state index in [1.165, 1.54) is 309 Å². The van der Waals surface area contributed by atoms with E-state index in [2.05, 4.69) is 71.9 Å². The van der Waals surface area contributed by atoms with Crippen molar-refractivity contribution >= 4 is 58.6 Å². The van der Waals surface area contributed by atoms with Crippen LogP contribution in [0, 0.1) is 159 Å². The largest absolute Gasteiger partial charge is 0.469 e. The third-order valence-electron chi connectivity index (χ3n) is 43.6. The van der Waals surface area contributed by atoms with Gasteiger partial charge in [-0.2, -0.15) is 0 Å². The summed E-state index contributed by atoms with van der Waals surface area (Å²) in [6.07, 6.45) is 74.5. The molecule has 22 aliphatic rings. The predicted octanol–water partition coefficient (Wildman–Crippen LogP) is 20.1. The summed E-state index contributed by atoms with van der Waals surface area (Å²) in [5.74, 6) is 15.5. The average Bonchev–Trinajstić information content (AvgIpc) is 1.63. The van der Waals surface area contributed by atoms with Crippen molar-refractivity contribution in [2.75, 3.05) is 105 Å². The highest BCUT2D eigenvalue weighted by molar-refractivity contribution is 5.90. The third-order valence-corrected chi connectivity index (χ3v) is 43.6. The highest BCUT2D eigenvalue weighted by Crippen LogP contribution is 2.55. The first-order valence-corrected chi connectivity index (χ1v) is 61.2. The minimum atomic E-state index is -0.158. The van der Waals surface area contributed by atoms with Gasteiger partial charge in [-0.3, -0.25) is 72.4 Å². The van der Waals surface area contributed by atoms with Crippen LogP contribution in [0.5, 0.6) is 0 Å². The molecule has 20 atom stereocenters. The second-order valence-corrected chi connectivity index (χ2v) is 53.5. The standard InChI is InChI=1S/C25H40N2O2.C24H40N2O3.C24H38N2O2.2C24H40N2O2/c28-23(16-27-13-11-18(12-14-27)17-5-1-2-6-17)26-24-21-8-4-3-7-20(21)15-22(24)25(29)19-9-10-19;1-29-24(28)21-15-19-9-5-6-10-20(19)23(21)25-22(27)16-26-13-11-18(12-14-26)17-7-3-2-4-8-17;27-21(16-26-13-11-24(12-14-26)9-3-4-10-24)25-22-19-6-2-1-5-18(19)15-20(22)23(28)17-7-8-17;1-24(2,3)18-10-12-26(13-11-18)15-21(27)25-22-19-7-5-4-6-17(19)14-20(22)23(28)16-8-9-16;1-17(27)22-15-20-9-5-6-10-21(20)24(22)25-23(28)16-26-13-11-19(12-14-26)18-7-3-2-4-8-18/h17-22,24H,1-16H2,(H,26,28);17-21,23H,2-16H2,1H3,(H,25,27);17-20,22H,1-16H2,(H,25,27);16-20,22H,4-15H2,1-3H3,(H,25,27);18-22,24H,2-16H2,1H3,(H,25,28). The molecule has 5 amide bonds. The molecule has 21 heteroatoms. The number of ketones is 4. The summed E-state index contributed by atoms with van der Waals surface area (Å²) in [5, 5.41) is 16.8. The highest BCUT2D eigenvalue weighted by atomic mass is 16.5. The lowest BCUT2D eigenvalue weighted by Crippen LogP contribution is -2.50. The zero-order valence-electron chi connectivity index (χ0n) is 89.9. The van der Waals surface area contributed by atoms with E-state index in [1.807, 2.05) is 0 Å². The number of carbonyl (C=O) groups is 10. The maximum atomic E-state index is 13.0. The topological polar surface area (TPSA) is 256 Å². The molecule has 21 nitrogen and oxygen atoms in total. The maximum Gasteiger partial charge on any atom is 0.310 e. The summed E-state index contributed by atoms with van der Waals surface area (Å²) in [5.41, 5.74) is 0.972. The highest BCUT2D eigenvalue weighted by Gasteiger charge is 2.56. The summed E-state index contributed by atoms with van der Waals surface area (Å²) in [6.45, 7) is 21.9. The van der Waals surface area contributed by atoms with Crippen LogP contribution in [-0.2, 0) is 52.7 Å². The van der Waals surface area contributed by atoms with Gasteiger partial charge in [0.05, 0.1) is 45.8 Å². The molecule has 5 heterocycles. The Labute approximate surface area is 858 Å². The molecular formula is C121H198N10O11. The number of hydrogen-bond acceptors (Lipinski definition) is 16. The van der Waals surface area contributed by atoms with E-state index < -0.39 is 0 Å². The first-order chi connectivity index (χ1) is 68.9. The van der Waals surface area contributed by atoms with E-state index in [-0.39, 0.29) is 101 Å². The van der Waals surface area contributed by atoms with Crippen LogP contribution in [0.4, 0.5) is 0 Å². The average molecular weight is 1970 g/mol. The Hall–Kier alpha value is -4.70. The van der Waals surface area contributed by atoms with Gasteiger partial charge in [0, 0.05) is 71.6 Å². The molecule has 798 valence electrons. The number of amides is 5. The molecule has 0 bridgehead atoms. The van der Waals surface area contributed by atoms with Crippen LogP contribution < -0.4 is 26.6 Å². The molecule has 22 rings (SSSR count). The SMILES string of the molecule is CC(=O)C1CC2CCCCC2C1NC(=O)CN1CCC(C2CCCCC2)CC1.CC(C)(C)C1CCN(CC(=O)NC2C(C(=O)C3CC3)CC3CCCCC32)CC1.COC(=O)C1CC2CCCCC2C1NC(=O)CN1CCC(C2CCCCC2)CC1.O=C(CN1CCC(C2CCCC2)CC1)NC1C(C(=O)C2CC2)CC2CCCCC21.O=C(CN1CCC2(CCCC2)CC1)NC1C(C(=O)C2CC2)CC2CCCCC21. The molecule has 5 aliphatic heterocycles. The Morgan fingerprint density at radius 2 is 0.479 bits per heavy atom. The van der Waals surface area contributed by atoms with Crippen molar-refractivity contribution in [1.29, 1.82) is 0 Å². The number of fused-ring (bicyclic) bond motifs is 5. The van der Waals surface area contributed by atoms with E-state index in [0.717, 1.165) is 184 Å². The van der Waals surface area contributed by atoms with Crippen LogP contribution in [-0.4, -0.2) is 219 Å². The van der Waals surface area contributed by atoms with Crippen molar-refractivity contribution in [3.05, 3.63) is 0 Å². The molecule has 17 saturated carbocycles. The maximum absolute atomic E-state index is 13.0. The van der Waals surface area contributed by atoms with Crippen molar-refractivity contribution in [3.63, 3.8) is 0 Å². The second-order valence-electron chi connectivity index (χ2n) is 53.5. The second kappa shape index (κ2) is 50.5. The molecule has 1 spiro atoms. The number of likely N-dealkylation sites (tertiary alicyclic amines) is 5. The van der Waals surface area contributed by atoms with Gasteiger partial charge >= 0.3 is 5.97 Å². The summed E-state index contributed by atoms with van der Waals surface area (Å²) < 4.78 is 5.07. The fourth-order valence-corrected chi connectivity index (χ4v) is 34.9. The molecule has 22 fully saturated rings. The van der Waals surface area contributed by atoms with Gasteiger partial charge in [-0.15, -0.1) is 0 Å². The van der Waals surface area contributed by atoms with Gasteiger partial charge in [-0.05, 0) is 364 Å². The van der Waals surface area contributed by atoms with E-state index in [9.17, 15) is 47.9 Å². The van der Waals surface area contributed by atoms with Crippen LogP contribution in [0.3, 0.4) is 0 Å². The van der Waals surface area contributed by atoms with Gasteiger partial charge in [0.15, 0.2) is 0 Å². The Morgan fingerprint density at radius 3 is 0.746 bits per heavy atom. The molecule has 0 aromatic carbocycles. The summed E-state index contributed by atoms with van der Waals surface area (Å²) in [6, 6.07) is 0.418. The normalized spacial score (nSPS) is 35.9. The number of nitrogens with one attached hydrogen (secondary N) is 5. The van der Waals surface area contributed by atoms with Gasteiger partial charge < -0.3 is 31.3 Å². The lowest BCUT2D eigenvalue weighted by Gasteiger charge is -2.39. The Bertz CT molecular complexity index is 4090. The van der Waals surface area contributed by atoms with Crippen molar-refractivity contribution in [3.8, 4) is 0 Å². The van der Waals surface area contributed by atoms with E-state index in [4.69, 9.17) is 4.74 Å². The number of ether oxygens (including phenoxy) is 1. The van der Waals surface area contributed by atoms with E-state index in [0.29, 0.717) is 138 Å². The summed E-state index contributed by atoms with van der Waals surface area (Å²) >= 11 is 0. The number of piperidine rings is 5. The molecule has 5 saturated heterocycles. The molecule has 20 unspecified atom stereocenters. The predicted molar refractivity (Wildman–Crippen MR) is 561 cm³/mol. The summed E-state index contributed by atoms with van der Waals surface area (Å²) in [7, 11) is 1.47. The number of rotatable bonds is 26. The molecule has 0 aromatic rings. The van der Waals surface area contributed by atoms with Crippen molar-refractivity contribution in [2.45, 2.75) is 437 Å². The minimum Gasteiger partial charge on any atom is -0.469 e. The van der Waals surface area contributed by atoms with Gasteiger partial charge in [-0.1, -0.05) is 220 Å². The fourth-order valence-electron chi connectivity index (χ4n) is 34.9. The number of hydrogen-bond donors (Lipinski definition) is 5. The van der Waals surface area contributed by atoms with Crippen molar-refractivity contribution in [2.24, 2.45) is 159 Å². The number of Topliss-reactive ketones (excluding diaryl/α,β-unsaturated/α-hetero) is 4. The van der Waals surface area contributed by atoms with Gasteiger partial charge in [-0.25, -0.2) is 0 Å². The number of nitrogens with zero attached hydrogens (tertiary/aromatic N) is 5. The van der Waals surface area contributed by atoms with Crippen molar-refractivity contribution < 1.29 is 52.7 Å². The quantitative estimate of drug-likeness (QED) is 0.0505. The number of carbonyl (C=O) groups excluding carboxylic acids is 10. The fraction of sp³-hybridized carbons (Fsp3) is 0.917. The minimum absolute atomic E-state index is 0.0278. The monoisotopic (exact) mass is 1970 g/mol. The zero-order valence-corrected chi connectivity index (χ0v) is 89.9. The van der Waals surface area contributed by atoms with Gasteiger partial charge in [0.2, 0.25) is 29.5 Å². The Morgan fingerprint density at radius 1 is 0.254 bits per heavy atom. The van der Waals surface area contributed by atoms with E-state index >= 15 is 0 Å². The van der Waals surface area contributed by atoms with Crippen LogP contribution in [0.2, 0.25) is 0 Å². The van der Waals surface area contributed by atoms with Crippen molar-refractivity contribution in [1.82, 2.24) is 51.1 Å². The smallest absolute Gasteiger partial charge is 0.310 e. The van der Waals surface area contributed by atoms with Crippen LogP contribution >= 0.6 is 0 Å². The molecule has 142 heavy (non-hydrogen) atoms. The first-order valence-electron chi connectivity index (χ1n) is 61.2. The van der Waals surface area contributed by atoms with Gasteiger partial charge in [0.1, 0.15) is 23.1 Å². The lowest BCUT2D eigenvalue weighted by atomic mass is 9.75. The lowest BCUT2D eigenvalue weighted by molar-refractivity contribution is -0.146. The van der Waals surface area contributed by atoms with Crippen LogP contribution in [0.15, 0.2) is 0 Å². The molecule has 0 aromatic heterocycles. The first kappa shape index (κ1) is 107. The molecule has 17 aliphatic carbocycles. The Balaban J connectivity index is 0.000000117. The Kier molecular flexibility index (Phi) is 38.1.